The first kappa shape index (κ1) is 14.8. The van der Waals surface area contributed by atoms with Gasteiger partial charge in [0.15, 0.2) is 0 Å². The molecule has 0 fully saturated rings. The highest BCUT2D eigenvalue weighted by Crippen LogP contribution is 2.21. The van der Waals surface area contributed by atoms with Gasteiger partial charge in [0.1, 0.15) is 12.7 Å². The van der Waals surface area contributed by atoms with E-state index in [2.05, 4.69) is 15.1 Å². The average molecular weight is 331 g/mol. The first-order valence-electron chi connectivity index (χ1n) is 6.61. The van der Waals surface area contributed by atoms with E-state index in [9.17, 15) is 0 Å². The molecule has 0 aliphatic heterocycles. The van der Waals surface area contributed by atoms with Crippen LogP contribution < -0.4 is 0 Å². The summed E-state index contributed by atoms with van der Waals surface area (Å²) in [5, 5.41) is 5.27. The van der Waals surface area contributed by atoms with Crippen molar-refractivity contribution in [3.63, 3.8) is 0 Å². The Morgan fingerprint density at radius 3 is 2.59 bits per heavy atom. The van der Waals surface area contributed by atoms with Gasteiger partial charge in [0.05, 0.1) is 17.3 Å². The van der Waals surface area contributed by atoms with E-state index in [0.29, 0.717) is 16.6 Å². The Hall–Kier alpha value is -2.17. The predicted octanol–water partition coefficient (Wildman–Crippen LogP) is 4.38. The lowest BCUT2D eigenvalue weighted by Gasteiger charge is -2.02. The van der Waals surface area contributed by atoms with Crippen LogP contribution in [0.3, 0.4) is 0 Å². The summed E-state index contributed by atoms with van der Waals surface area (Å²) in [5.74, 6) is 0. The van der Waals surface area contributed by atoms with Crippen LogP contribution in [0.4, 0.5) is 5.69 Å². The maximum absolute atomic E-state index is 6.11. The topological polar surface area (TPSA) is 43.1 Å². The van der Waals surface area contributed by atoms with E-state index in [-0.39, 0.29) is 0 Å². The largest absolute Gasteiger partial charge is 0.256 e. The summed E-state index contributed by atoms with van der Waals surface area (Å²) < 4.78 is 1.77. The third-order valence-corrected chi connectivity index (χ3v) is 3.63. The minimum atomic E-state index is 0.582. The Morgan fingerprint density at radius 2 is 1.91 bits per heavy atom. The molecule has 0 aliphatic carbocycles. The molecular weight excluding hydrogens is 319 g/mol. The zero-order valence-corrected chi connectivity index (χ0v) is 13.0. The molecule has 0 atom stereocenters. The van der Waals surface area contributed by atoms with Gasteiger partial charge in [-0.1, -0.05) is 41.4 Å². The fourth-order valence-corrected chi connectivity index (χ4v) is 2.40. The van der Waals surface area contributed by atoms with Crippen LogP contribution in [0.25, 0.3) is 0 Å². The van der Waals surface area contributed by atoms with Crippen molar-refractivity contribution >= 4 is 35.1 Å². The molecule has 0 unspecified atom stereocenters. The number of halogens is 2. The zero-order valence-electron chi connectivity index (χ0n) is 11.5. The molecule has 0 radical (unpaired) electrons. The second-order valence-electron chi connectivity index (χ2n) is 4.68. The predicted molar refractivity (Wildman–Crippen MR) is 89.3 cm³/mol. The molecule has 1 aromatic heterocycles. The highest BCUT2D eigenvalue weighted by molar-refractivity contribution is 6.36. The molecule has 6 heteroatoms. The Kier molecular flexibility index (Phi) is 4.51. The monoisotopic (exact) mass is 330 g/mol. The Balaban J connectivity index is 1.71. The summed E-state index contributed by atoms with van der Waals surface area (Å²) in [7, 11) is 0. The quantitative estimate of drug-likeness (QED) is 0.666. The van der Waals surface area contributed by atoms with Crippen LogP contribution in [0.2, 0.25) is 10.0 Å². The summed E-state index contributed by atoms with van der Waals surface area (Å²) in [4.78, 5) is 8.34. The van der Waals surface area contributed by atoms with Crippen LogP contribution in [-0.4, -0.2) is 21.0 Å². The third-order valence-electron chi connectivity index (χ3n) is 3.06. The maximum atomic E-state index is 6.11. The lowest BCUT2D eigenvalue weighted by atomic mass is 10.2. The van der Waals surface area contributed by atoms with E-state index >= 15 is 0 Å². The summed E-state index contributed by atoms with van der Waals surface area (Å²) in [6.07, 6.45) is 4.94. The van der Waals surface area contributed by atoms with Crippen LogP contribution in [0.5, 0.6) is 0 Å². The minimum Gasteiger partial charge on any atom is -0.256 e. The van der Waals surface area contributed by atoms with E-state index in [0.717, 1.165) is 16.8 Å². The van der Waals surface area contributed by atoms with Crippen molar-refractivity contribution in [1.29, 1.82) is 0 Å². The van der Waals surface area contributed by atoms with Gasteiger partial charge < -0.3 is 0 Å². The van der Waals surface area contributed by atoms with Crippen molar-refractivity contribution < 1.29 is 0 Å². The molecule has 0 aliphatic rings. The Labute approximate surface area is 138 Å². The van der Waals surface area contributed by atoms with Gasteiger partial charge in [-0.25, -0.2) is 9.67 Å². The van der Waals surface area contributed by atoms with E-state index in [1.165, 1.54) is 6.33 Å². The second-order valence-corrected chi connectivity index (χ2v) is 5.53. The SMILES string of the molecule is Clc1ccc(C=Nc2ccc(Cn3cncn3)cc2)c(Cl)c1. The van der Waals surface area contributed by atoms with Gasteiger partial charge in [-0.2, -0.15) is 5.10 Å². The lowest BCUT2D eigenvalue weighted by molar-refractivity contribution is 0.685. The molecule has 0 saturated carbocycles. The molecule has 0 amide bonds. The smallest absolute Gasteiger partial charge is 0.137 e. The van der Waals surface area contributed by atoms with Crippen LogP contribution in [0.15, 0.2) is 60.1 Å². The van der Waals surface area contributed by atoms with Crippen molar-refractivity contribution in [3.05, 3.63) is 76.3 Å². The van der Waals surface area contributed by atoms with Crippen molar-refractivity contribution in [3.8, 4) is 0 Å². The van der Waals surface area contributed by atoms with E-state index in [1.807, 2.05) is 30.3 Å². The Bertz CT molecular complexity index is 780. The van der Waals surface area contributed by atoms with Crippen molar-refractivity contribution in [2.24, 2.45) is 4.99 Å². The number of aliphatic imine (C=N–C) groups is 1. The molecule has 0 N–H and O–H groups in total. The van der Waals surface area contributed by atoms with Crippen LogP contribution in [-0.2, 0) is 6.54 Å². The van der Waals surface area contributed by atoms with Crippen molar-refractivity contribution in [2.45, 2.75) is 6.54 Å². The fourth-order valence-electron chi connectivity index (χ4n) is 1.94. The molecular formula is C16H12Cl2N4. The molecule has 22 heavy (non-hydrogen) atoms. The number of hydrogen-bond acceptors (Lipinski definition) is 3. The summed E-state index contributed by atoms with van der Waals surface area (Å²) >= 11 is 12.0. The molecule has 0 saturated heterocycles. The van der Waals surface area contributed by atoms with Crippen LogP contribution in [0.1, 0.15) is 11.1 Å². The van der Waals surface area contributed by atoms with E-state index in [4.69, 9.17) is 23.2 Å². The van der Waals surface area contributed by atoms with Gasteiger partial charge in [-0.05, 0) is 29.8 Å². The van der Waals surface area contributed by atoms with E-state index in [1.54, 1.807) is 29.4 Å². The van der Waals surface area contributed by atoms with Crippen molar-refractivity contribution in [1.82, 2.24) is 14.8 Å². The zero-order chi connectivity index (χ0) is 15.4. The van der Waals surface area contributed by atoms with Gasteiger partial charge in [0.2, 0.25) is 0 Å². The number of rotatable bonds is 4. The first-order valence-corrected chi connectivity index (χ1v) is 7.37. The number of nitrogens with zero attached hydrogens (tertiary/aromatic N) is 4. The van der Waals surface area contributed by atoms with Crippen molar-refractivity contribution in [2.75, 3.05) is 0 Å². The fraction of sp³-hybridized carbons (Fsp3) is 0.0625. The normalized spacial score (nSPS) is 11.2. The average Bonchev–Trinajstić information content (AvgIpc) is 3.01. The highest BCUT2D eigenvalue weighted by atomic mass is 35.5. The standard InChI is InChI=1S/C16H12Cl2N4/c17-14-4-3-13(16(18)7-14)8-20-15-5-1-12(2-6-15)9-22-11-19-10-21-22/h1-8,10-11H,9H2. The van der Waals surface area contributed by atoms with Crippen LogP contribution >= 0.6 is 23.2 Å². The molecule has 0 bridgehead atoms. The molecule has 2 aromatic carbocycles. The summed E-state index contributed by atoms with van der Waals surface area (Å²) in [5.41, 5.74) is 2.82. The molecule has 3 rings (SSSR count). The van der Waals surface area contributed by atoms with Gasteiger partial charge in [-0.15, -0.1) is 0 Å². The Morgan fingerprint density at radius 1 is 1.09 bits per heavy atom. The molecule has 110 valence electrons. The van der Waals surface area contributed by atoms with Gasteiger partial charge >= 0.3 is 0 Å². The first-order chi connectivity index (χ1) is 10.7. The number of benzene rings is 2. The summed E-state index contributed by atoms with van der Waals surface area (Å²) in [6.45, 7) is 0.688. The maximum Gasteiger partial charge on any atom is 0.137 e. The summed E-state index contributed by atoms with van der Waals surface area (Å²) in [6, 6.07) is 13.3. The lowest BCUT2D eigenvalue weighted by Crippen LogP contribution is -1.99. The molecule has 3 aromatic rings. The van der Waals surface area contributed by atoms with Crippen LogP contribution in [0, 0.1) is 0 Å². The molecule has 0 spiro atoms. The van der Waals surface area contributed by atoms with Gasteiger partial charge in [0, 0.05) is 16.8 Å². The molecule has 1 heterocycles. The minimum absolute atomic E-state index is 0.582. The number of hydrogen-bond donors (Lipinski definition) is 0. The third kappa shape index (κ3) is 3.72. The van der Waals surface area contributed by atoms with Gasteiger partial charge in [-0.3, -0.25) is 4.99 Å². The van der Waals surface area contributed by atoms with Gasteiger partial charge in [0.25, 0.3) is 0 Å². The van der Waals surface area contributed by atoms with E-state index < -0.39 is 0 Å². The number of aromatic nitrogens is 3. The molecule has 4 nitrogen and oxygen atoms in total. The highest BCUT2D eigenvalue weighted by Gasteiger charge is 1.99. The second kappa shape index (κ2) is 6.73.